The zero-order valence-electron chi connectivity index (χ0n) is 21.5. The highest BCUT2D eigenvalue weighted by molar-refractivity contribution is 5.70. The lowest BCUT2D eigenvalue weighted by molar-refractivity contribution is -0.163. The molecule has 0 amide bonds. The first-order chi connectivity index (χ1) is 15.6. The first kappa shape index (κ1) is 30.9. The summed E-state index contributed by atoms with van der Waals surface area (Å²) in [5.74, 6) is -0.427. The third kappa shape index (κ3) is 22.1. The number of hydrogen-bond donors (Lipinski definition) is 0. The molecule has 32 heavy (non-hydrogen) atoms. The number of esters is 2. The Morgan fingerprint density at radius 1 is 0.562 bits per heavy atom. The molecule has 0 fully saturated rings. The second-order valence-electron chi connectivity index (χ2n) is 8.97. The van der Waals surface area contributed by atoms with Gasteiger partial charge in [-0.3, -0.25) is 9.59 Å². The van der Waals surface area contributed by atoms with Gasteiger partial charge in [0.05, 0.1) is 6.61 Å². The number of hydrogen-bond acceptors (Lipinski definition) is 5. The van der Waals surface area contributed by atoms with E-state index in [0.717, 1.165) is 51.4 Å². The molecule has 0 aliphatic carbocycles. The smallest absolute Gasteiger partial charge is 0.306 e. The lowest BCUT2D eigenvalue weighted by Crippen LogP contribution is -2.30. The minimum absolute atomic E-state index is 0.0892. The molecule has 0 spiro atoms. The Balaban J connectivity index is 4.19. The maximum absolute atomic E-state index is 12.2. The van der Waals surface area contributed by atoms with Crippen LogP contribution in [-0.4, -0.2) is 37.9 Å². The van der Waals surface area contributed by atoms with Gasteiger partial charge in [0.2, 0.25) is 0 Å². The standard InChI is InChI=1S/C27H52O5/c1-4-7-10-13-16-19-22-30-23-25(32-27(29)21-18-15-12-9-6-3)24-31-26(28)20-17-14-11-8-5-2/h25H,4-24H2,1-3H3. The van der Waals surface area contributed by atoms with Gasteiger partial charge in [-0.05, 0) is 19.3 Å². The highest BCUT2D eigenvalue weighted by Crippen LogP contribution is 2.10. The van der Waals surface area contributed by atoms with Crippen LogP contribution in [0.4, 0.5) is 0 Å². The minimum atomic E-state index is -0.512. The molecule has 0 heterocycles. The number of rotatable bonds is 24. The van der Waals surface area contributed by atoms with Crippen LogP contribution in [0.1, 0.15) is 136 Å². The molecule has 0 radical (unpaired) electrons. The molecule has 190 valence electrons. The maximum Gasteiger partial charge on any atom is 0.306 e. The topological polar surface area (TPSA) is 61.8 Å². The van der Waals surface area contributed by atoms with Crippen LogP contribution in [0, 0.1) is 0 Å². The molecule has 5 heteroatoms. The van der Waals surface area contributed by atoms with Crippen LogP contribution in [0.2, 0.25) is 0 Å². The minimum Gasteiger partial charge on any atom is -0.462 e. The summed E-state index contributed by atoms with van der Waals surface area (Å²) in [4.78, 5) is 24.3. The molecule has 0 bridgehead atoms. The van der Waals surface area contributed by atoms with Crippen molar-refractivity contribution >= 4 is 11.9 Å². The lowest BCUT2D eigenvalue weighted by Gasteiger charge is -2.18. The molecule has 0 N–H and O–H groups in total. The second kappa shape index (κ2) is 24.5. The van der Waals surface area contributed by atoms with E-state index in [-0.39, 0.29) is 18.5 Å². The van der Waals surface area contributed by atoms with Gasteiger partial charge in [0.25, 0.3) is 0 Å². The van der Waals surface area contributed by atoms with Crippen molar-refractivity contribution in [2.24, 2.45) is 0 Å². The predicted molar refractivity (Wildman–Crippen MR) is 132 cm³/mol. The summed E-state index contributed by atoms with van der Waals surface area (Å²) in [7, 11) is 0. The summed E-state index contributed by atoms with van der Waals surface area (Å²) in [6.07, 6.45) is 18.5. The summed E-state index contributed by atoms with van der Waals surface area (Å²) < 4.78 is 16.7. The van der Waals surface area contributed by atoms with Crippen molar-refractivity contribution in [2.75, 3.05) is 19.8 Å². The number of ether oxygens (including phenoxy) is 3. The third-order valence-electron chi connectivity index (χ3n) is 5.64. The SMILES string of the molecule is CCCCCCCCOCC(COC(=O)CCCCCCC)OC(=O)CCCCCCC. The van der Waals surface area contributed by atoms with Crippen molar-refractivity contribution in [3.8, 4) is 0 Å². The van der Waals surface area contributed by atoms with Gasteiger partial charge in [-0.2, -0.15) is 0 Å². The molecule has 0 aromatic carbocycles. The van der Waals surface area contributed by atoms with Gasteiger partial charge in [0.1, 0.15) is 6.61 Å². The molecule has 1 atom stereocenters. The molecule has 5 nitrogen and oxygen atoms in total. The van der Waals surface area contributed by atoms with E-state index in [1.807, 2.05) is 0 Å². The summed E-state index contributed by atoms with van der Waals surface area (Å²) in [5, 5.41) is 0. The zero-order valence-corrected chi connectivity index (χ0v) is 21.5. The van der Waals surface area contributed by atoms with E-state index in [1.165, 1.54) is 51.4 Å². The number of unbranched alkanes of at least 4 members (excludes halogenated alkanes) is 13. The van der Waals surface area contributed by atoms with Crippen LogP contribution in [0.3, 0.4) is 0 Å². The molecule has 0 aliphatic heterocycles. The van der Waals surface area contributed by atoms with Gasteiger partial charge >= 0.3 is 11.9 Å². The molecular weight excluding hydrogens is 404 g/mol. The predicted octanol–water partition coefficient (Wildman–Crippen LogP) is 7.54. The van der Waals surface area contributed by atoms with Gasteiger partial charge in [0, 0.05) is 19.4 Å². The van der Waals surface area contributed by atoms with Gasteiger partial charge in [-0.1, -0.05) is 104 Å². The highest BCUT2D eigenvalue weighted by atomic mass is 16.6. The number of carbonyl (C=O) groups is 2. The Labute approximate surface area is 198 Å². The van der Waals surface area contributed by atoms with Crippen LogP contribution in [0.5, 0.6) is 0 Å². The highest BCUT2D eigenvalue weighted by Gasteiger charge is 2.17. The van der Waals surface area contributed by atoms with E-state index in [2.05, 4.69) is 20.8 Å². The zero-order chi connectivity index (χ0) is 23.7. The molecule has 0 saturated heterocycles. The third-order valence-corrected chi connectivity index (χ3v) is 5.64. The fourth-order valence-corrected chi connectivity index (χ4v) is 3.56. The fourth-order valence-electron chi connectivity index (χ4n) is 3.56. The average Bonchev–Trinajstić information content (AvgIpc) is 2.78. The Bertz CT molecular complexity index is 424. The van der Waals surface area contributed by atoms with E-state index in [1.54, 1.807) is 0 Å². The van der Waals surface area contributed by atoms with Crippen molar-refractivity contribution < 1.29 is 23.8 Å². The van der Waals surface area contributed by atoms with Gasteiger partial charge in [-0.25, -0.2) is 0 Å². The molecule has 0 saturated carbocycles. The molecule has 0 aromatic rings. The van der Waals surface area contributed by atoms with Crippen LogP contribution in [-0.2, 0) is 23.8 Å². The summed E-state index contributed by atoms with van der Waals surface area (Å²) in [6, 6.07) is 0. The van der Waals surface area contributed by atoms with Crippen molar-refractivity contribution in [3.05, 3.63) is 0 Å². The normalized spacial score (nSPS) is 12.0. The molecule has 0 aromatic heterocycles. The van der Waals surface area contributed by atoms with E-state index in [0.29, 0.717) is 26.1 Å². The largest absolute Gasteiger partial charge is 0.462 e. The van der Waals surface area contributed by atoms with Crippen LogP contribution in [0.25, 0.3) is 0 Å². The van der Waals surface area contributed by atoms with Crippen molar-refractivity contribution in [3.63, 3.8) is 0 Å². The first-order valence-electron chi connectivity index (χ1n) is 13.6. The van der Waals surface area contributed by atoms with Crippen molar-refractivity contribution in [1.29, 1.82) is 0 Å². The quantitative estimate of drug-likeness (QED) is 0.111. The second-order valence-corrected chi connectivity index (χ2v) is 8.97. The van der Waals surface area contributed by atoms with Crippen LogP contribution < -0.4 is 0 Å². The van der Waals surface area contributed by atoms with E-state index < -0.39 is 6.10 Å². The molecule has 0 aliphatic rings. The van der Waals surface area contributed by atoms with E-state index >= 15 is 0 Å². The van der Waals surface area contributed by atoms with E-state index in [4.69, 9.17) is 14.2 Å². The summed E-state index contributed by atoms with van der Waals surface area (Å²) >= 11 is 0. The molecular formula is C27H52O5. The monoisotopic (exact) mass is 456 g/mol. The Morgan fingerprint density at radius 3 is 1.59 bits per heavy atom. The fraction of sp³-hybridized carbons (Fsp3) is 0.926. The number of carbonyl (C=O) groups excluding carboxylic acids is 2. The van der Waals surface area contributed by atoms with Crippen molar-refractivity contribution in [2.45, 2.75) is 142 Å². The average molecular weight is 457 g/mol. The summed E-state index contributed by atoms with van der Waals surface area (Å²) in [6.45, 7) is 7.61. The Hall–Kier alpha value is -1.10. The van der Waals surface area contributed by atoms with Crippen LogP contribution in [0.15, 0.2) is 0 Å². The lowest BCUT2D eigenvalue weighted by atomic mass is 10.1. The van der Waals surface area contributed by atoms with Gasteiger partial charge < -0.3 is 14.2 Å². The first-order valence-corrected chi connectivity index (χ1v) is 13.6. The summed E-state index contributed by atoms with van der Waals surface area (Å²) in [5.41, 5.74) is 0. The van der Waals surface area contributed by atoms with Crippen molar-refractivity contribution in [1.82, 2.24) is 0 Å². The molecule has 0 rings (SSSR count). The molecule has 1 unspecified atom stereocenters. The van der Waals surface area contributed by atoms with E-state index in [9.17, 15) is 9.59 Å². The Kier molecular flexibility index (Phi) is 23.7. The Morgan fingerprint density at radius 2 is 1.03 bits per heavy atom. The van der Waals surface area contributed by atoms with Gasteiger partial charge in [-0.15, -0.1) is 0 Å². The van der Waals surface area contributed by atoms with Gasteiger partial charge in [0.15, 0.2) is 6.10 Å². The maximum atomic E-state index is 12.2. The van der Waals surface area contributed by atoms with Crippen LogP contribution >= 0.6 is 0 Å².